The lowest BCUT2D eigenvalue weighted by Gasteiger charge is -2.07. The fraction of sp³-hybridized carbons (Fsp3) is 0.286. The molecule has 4 nitrogen and oxygen atoms in total. The smallest absolute Gasteiger partial charge is 0.349 e. The minimum Gasteiger partial charge on any atom is -0.496 e. The molecule has 1 rings (SSSR count). The molecule has 0 aliphatic rings. The van der Waals surface area contributed by atoms with Crippen LogP contribution < -0.4 is 4.74 Å². The third kappa shape index (κ3) is 3.63. The first-order valence-corrected chi connectivity index (χ1v) is 5.54. The Morgan fingerprint density at radius 1 is 1.39 bits per heavy atom. The van der Waals surface area contributed by atoms with Crippen molar-refractivity contribution in [2.24, 2.45) is 0 Å². The van der Waals surface area contributed by atoms with E-state index in [-0.39, 0.29) is 11.7 Å². The SMILES string of the molecule is COc1ccccc1C=C(C#N)C(=O)OC(C)C. The summed E-state index contributed by atoms with van der Waals surface area (Å²) in [4.78, 5) is 11.6. The van der Waals surface area contributed by atoms with E-state index in [1.54, 1.807) is 32.0 Å². The average Bonchev–Trinajstić information content (AvgIpc) is 2.35. The number of carbonyl (C=O) groups is 1. The second kappa shape index (κ2) is 6.45. The Bertz CT molecular complexity index is 498. The van der Waals surface area contributed by atoms with Crippen molar-refractivity contribution in [1.82, 2.24) is 0 Å². The molecule has 0 heterocycles. The van der Waals surface area contributed by atoms with Crippen molar-refractivity contribution in [1.29, 1.82) is 5.26 Å². The van der Waals surface area contributed by atoms with Gasteiger partial charge >= 0.3 is 5.97 Å². The molecule has 0 amide bonds. The molecule has 0 atom stereocenters. The van der Waals surface area contributed by atoms with Crippen LogP contribution in [0, 0.1) is 11.3 Å². The maximum atomic E-state index is 11.6. The predicted octanol–water partition coefficient (Wildman–Crippen LogP) is 2.55. The predicted molar refractivity (Wildman–Crippen MR) is 67.8 cm³/mol. The number of hydrogen-bond donors (Lipinski definition) is 0. The number of ether oxygens (including phenoxy) is 2. The maximum absolute atomic E-state index is 11.6. The third-order valence-electron chi connectivity index (χ3n) is 2.12. The first-order chi connectivity index (χ1) is 8.58. The summed E-state index contributed by atoms with van der Waals surface area (Å²) in [7, 11) is 1.53. The Labute approximate surface area is 106 Å². The summed E-state index contributed by atoms with van der Waals surface area (Å²) < 4.78 is 10.1. The molecule has 0 aliphatic heterocycles. The first kappa shape index (κ1) is 13.8. The highest BCUT2D eigenvalue weighted by Gasteiger charge is 2.13. The quantitative estimate of drug-likeness (QED) is 0.464. The molecule has 0 spiro atoms. The van der Waals surface area contributed by atoms with E-state index >= 15 is 0 Å². The average molecular weight is 245 g/mol. The lowest BCUT2D eigenvalue weighted by atomic mass is 10.1. The fourth-order valence-corrected chi connectivity index (χ4v) is 1.36. The molecule has 0 bridgehead atoms. The van der Waals surface area contributed by atoms with Gasteiger partial charge in [-0.2, -0.15) is 5.26 Å². The van der Waals surface area contributed by atoms with Crippen LogP contribution in [0.15, 0.2) is 29.8 Å². The van der Waals surface area contributed by atoms with Crippen LogP contribution in [-0.4, -0.2) is 19.2 Å². The molecule has 0 saturated heterocycles. The number of benzene rings is 1. The number of methoxy groups -OCH3 is 1. The molecule has 0 N–H and O–H groups in total. The van der Waals surface area contributed by atoms with Crippen molar-refractivity contribution in [3.05, 3.63) is 35.4 Å². The summed E-state index contributed by atoms with van der Waals surface area (Å²) >= 11 is 0. The molecular weight excluding hydrogens is 230 g/mol. The molecule has 94 valence electrons. The Morgan fingerprint density at radius 3 is 2.61 bits per heavy atom. The van der Waals surface area contributed by atoms with Gasteiger partial charge in [-0.25, -0.2) is 4.79 Å². The zero-order chi connectivity index (χ0) is 13.5. The van der Waals surface area contributed by atoms with E-state index in [2.05, 4.69) is 0 Å². The summed E-state index contributed by atoms with van der Waals surface area (Å²) in [5.41, 5.74) is 0.616. The van der Waals surface area contributed by atoms with Crippen molar-refractivity contribution in [2.45, 2.75) is 20.0 Å². The minimum absolute atomic E-state index is 0.0480. The topological polar surface area (TPSA) is 59.3 Å². The van der Waals surface area contributed by atoms with Crippen LogP contribution in [0.1, 0.15) is 19.4 Å². The highest BCUT2D eigenvalue weighted by Crippen LogP contribution is 2.20. The summed E-state index contributed by atoms with van der Waals surface area (Å²) in [5.74, 6) is -0.0268. The minimum atomic E-state index is -0.626. The second-order valence-corrected chi connectivity index (χ2v) is 3.87. The molecule has 0 aliphatic carbocycles. The molecule has 1 aromatic carbocycles. The number of nitrogens with zero attached hydrogens (tertiary/aromatic N) is 1. The van der Waals surface area contributed by atoms with Gasteiger partial charge in [-0.15, -0.1) is 0 Å². The van der Waals surface area contributed by atoms with Crippen LogP contribution in [0.4, 0.5) is 0 Å². The Morgan fingerprint density at radius 2 is 2.06 bits per heavy atom. The number of hydrogen-bond acceptors (Lipinski definition) is 4. The zero-order valence-electron chi connectivity index (χ0n) is 10.6. The van der Waals surface area contributed by atoms with E-state index in [0.717, 1.165) is 0 Å². The molecule has 18 heavy (non-hydrogen) atoms. The zero-order valence-corrected chi connectivity index (χ0v) is 10.6. The molecule has 4 heteroatoms. The van der Waals surface area contributed by atoms with Gasteiger partial charge in [0.25, 0.3) is 0 Å². The molecule has 0 aromatic heterocycles. The van der Waals surface area contributed by atoms with Crippen molar-refractivity contribution in [3.63, 3.8) is 0 Å². The molecule has 0 radical (unpaired) electrons. The third-order valence-corrected chi connectivity index (χ3v) is 2.12. The van der Waals surface area contributed by atoms with Gasteiger partial charge in [0.1, 0.15) is 17.4 Å². The van der Waals surface area contributed by atoms with Gasteiger partial charge in [-0.1, -0.05) is 18.2 Å². The van der Waals surface area contributed by atoms with Crippen LogP contribution in [0.2, 0.25) is 0 Å². The number of esters is 1. The summed E-state index contributed by atoms with van der Waals surface area (Å²) in [6.45, 7) is 3.46. The summed E-state index contributed by atoms with van der Waals surface area (Å²) in [6.07, 6.45) is 1.20. The fourth-order valence-electron chi connectivity index (χ4n) is 1.36. The Kier molecular flexibility index (Phi) is 4.94. The molecular formula is C14H15NO3. The Hall–Kier alpha value is -2.28. The number of para-hydroxylation sites is 1. The second-order valence-electron chi connectivity index (χ2n) is 3.87. The normalized spacial score (nSPS) is 10.9. The van der Waals surface area contributed by atoms with Crippen LogP contribution in [0.3, 0.4) is 0 Å². The monoisotopic (exact) mass is 245 g/mol. The van der Waals surface area contributed by atoms with E-state index < -0.39 is 5.97 Å². The molecule has 1 aromatic rings. The van der Waals surface area contributed by atoms with Crippen molar-refractivity contribution >= 4 is 12.0 Å². The van der Waals surface area contributed by atoms with Gasteiger partial charge in [-0.3, -0.25) is 0 Å². The number of carbonyl (C=O) groups excluding carboxylic acids is 1. The van der Waals surface area contributed by atoms with E-state index in [1.807, 2.05) is 12.1 Å². The van der Waals surface area contributed by atoms with Gasteiger partial charge in [0.2, 0.25) is 0 Å². The van der Waals surface area contributed by atoms with Gasteiger partial charge in [0, 0.05) is 5.56 Å². The highest BCUT2D eigenvalue weighted by molar-refractivity contribution is 5.98. The van der Waals surface area contributed by atoms with Crippen molar-refractivity contribution in [3.8, 4) is 11.8 Å². The Balaban J connectivity index is 3.05. The lowest BCUT2D eigenvalue weighted by Crippen LogP contribution is -2.12. The van der Waals surface area contributed by atoms with Crippen LogP contribution >= 0.6 is 0 Å². The van der Waals surface area contributed by atoms with Crippen LogP contribution in [-0.2, 0) is 9.53 Å². The van der Waals surface area contributed by atoms with Gasteiger partial charge in [0.05, 0.1) is 13.2 Å². The number of nitriles is 1. The standard InChI is InChI=1S/C14H15NO3/c1-10(2)18-14(16)12(9-15)8-11-6-4-5-7-13(11)17-3/h4-8,10H,1-3H3. The first-order valence-electron chi connectivity index (χ1n) is 5.54. The van der Waals surface area contributed by atoms with Crippen LogP contribution in [0.25, 0.3) is 6.08 Å². The van der Waals surface area contributed by atoms with E-state index in [4.69, 9.17) is 14.7 Å². The van der Waals surface area contributed by atoms with Gasteiger partial charge in [0.15, 0.2) is 0 Å². The molecule has 0 unspecified atom stereocenters. The largest absolute Gasteiger partial charge is 0.496 e. The van der Waals surface area contributed by atoms with E-state index in [0.29, 0.717) is 11.3 Å². The highest BCUT2D eigenvalue weighted by atomic mass is 16.5. The maximum Gasteiger partial charge on any atom is 0.349 e. The lowest BCUT2D eigenvalue weighted by molar-refractivity contribution is -0.142. The molecule has 0 saturated carbocycles. The van der Waals surface area contributed by atoms with Crippen molar-refractivity contribution in [2.75, 3.05) is 7.11 Å². The van der Waals surface area contributed by atoms with Gasteiger partial charge < -0.3 is 9.47 Å². The van der Waals surface area contributed by atoms with Crippen molar-refractivity contribution < 1.29 is 14.3 Å². The van der Waals surface area contributed by atoms with Gasteiger partial charge in [-0.05, 0) is 26.0 Å². The van der Waals surface area contributed by atoms with Crippen LogP contribution in [0.5, 0.6) is 5.75 Å². The summed E-state index contributed by atoms with van der Waals surface area (Å²) in [6, 6.07) is 8.98. The summed E-state index contributed by atoms with van der Waals surface area (Å²) in [5, 5.41) is 8.97. The van der Waals surface area contributed by atoms with E-state index in [1.165, 1.54) is 13.2 Å². The van der Waals surface area contributed by atoms with E-state index in [9.17, 15) is 4.79 Å². The number of rotatable bonds is 4. The molecule has 0 fully saturated rings.